The Balaban J connectivity index is 1.34. The number of methoxy groups -OCH3 is 1. The van der Waals surface area contributed by atoms with Gasteiger partial charge in [0.1, 0.15) is 12.7 Å². The summed E-state index contributed by atoms with van der Waals surface area (Å²) < 4.78 is 30.3. The molecule has 2 aliphatic rings. The van der Waals surface area contributed by atoms with Crippen LogP contribution in [0.15, 0.2) is 42.5 Å². The number of ether oxygens (including phenoxy) is 3. The van der Waals surface area contributed by atoms with Gasteiger partial charge in [-0.3, -0.25) is 4.79 Å². The van der Waals surface area contributed by atoms with Gasteiger partial charge >= 0.3 is 0 Å². The summed E-state index contributed by atoms with van der Waals surface area (Å²) >= 11 is 0. The van der Waals surface area contributed by atoms with E-state index >= 15 is 0 Å². The van der Waals surface area contributed by atoms with Crippen molar-refractivity contribution >= 4 is 5.91 Å². The van der Waals surface area contributed by atoms with Crippen molar-refractivity contribution < 1.29 is 23.4 Å². The second kappa shape index (κ2) is 6.86. The molecule has 0 saturated carbocycles. The van der Waals surface area contributed by atoms with Crippen LogP contribution in [0.25, 0.3) is 0 Å². The van der Waals surface area contributed by atoms with Crippen LogP contribution in [0.1, 0.15) is 5.56 Å². The third-order valence-corrected chi connectivity index (χ3v) is 4.81. The molecule has 0 bridgehead atoms. The molecule has 0 spiro atoms. The van der Waals surface area contributed by atoms with Gasteiger partial charge in [-0.25, -0.2) is 4.39 Å². The average molecular weight is 357 g/mol. The van der Waals surface area contributed by atoms with Crippen molar-refractivity contribution in [1.29, 1.82) is 0 Å². The van der Waals surface area contributed by atoms with E-state index in [1.165, 1.54) is 6.07 Å². The smallest absolute Gasteiger partial charge is 0.229 e. The minimum Gasteiger partial charge on any atom is -0.493 e. The van der Waals surface area contributed by atoms with Crippen molar-refractivity contribution in [2.24, 2.45) is 5.92 Å². The standard InChI is InChI=1S/C20H20FNO4/c1-24-18-8-4-5-13-9-14(12-25-19(13)18)20(23)22-10-15(11-22)26-17-7-3-2-6-16(17)21/h2-8,14-15H,9-12H2,1H3/t14-/m1/s1. The lowest BCUT2D eigenvalue weighted by molar-refractivity contribution is -0.146. The van der Waals surface area contributed by atoms with Gasteiger partial charge in [0, 0.05) is 0 Å². The number of nitrogens with zero attached hydrogens (tertiary/aromatic N) is 1. The van der Waals surface area contributed by atoms with E-state index in [4.69, 9.17) is 14.2 Å². The maximum Gasteiger partial charge on any atom is 0.229 e. The Hall–Kier alpha value is -2.76. The molecule has 26 heavy (non-hydrogen) atoms. The molecule has 136 valence electrons. The molecule has 2 heterocycles. The van der Waals surface area contributed by atoms with Crippen LogP contribution in [0.3, 0.4) is 0 Å². The van der Waals surface area contributed by atoms with Crippen LogP contribution in [0, 0.1) is 11.7 Å². The van der Waals surface area contributed by atoms with Gasteiger partial charge in [0.2, 0.25) is 5.91 Å². The SMILES string of the molecule is COc1cccc2c1OC[C@H](C(=O)N1CC(Oc3ccccc3F)C1)C2. The van der Waals surface area contributed by atoms with E-state index < -0.39 is 0 Å². The third-order valence-electron chi connectivity index (χ3n) is 4.81. The van der Waals surface area contributed by atoms with E-state index in [9.17, 15) is 9.18 Å². The second-order valence-electron chi connectivity index (χ2n) is 6.57. The molecule has 0 N–H and O–H groups in total. The zero-order chi connectivity index (χ0) is 18.1. The van der Waals surface area contributed by atoms with Crippen molar-refractivity contribution in [3.8, 4) is 17.2 Å². The topological polar surface area (TPSA) is 48.0 Å². The first-order valence-corrected chi connectivity index (χ1v) is 8.64. The molecule has 4 rings (SSSR count). The molecule has 6 heteroatoms. The Kier molecular flexibility index (Phi) is 4.41. The van der Waals surface area contributed by atoms with Crippen molar-refractivity contribution in [3.63, 3.8) is 0 Å². The summed E-state index contributed by atoms with van der Waals surface area (Å²) in [6.45, 7) is 1.27. The summed E-state index contributed by atoms with van der Waals surface area (Å²) in [5.74, 6) is 1.09. The van der Waals surface area contributed by atoms with E-state index in [1.54, 1.807) is 30.2 Å². The Morgan fingerprint density at radius 1 is 1.15 bits per heavy atom. The van der Waals surface area contributed by atoms with Gasteiger partial charge in [-0.05, 0) is 30.2 Å². The Morgan fingerprint density at radius 2 is 1.92 bits per heavy atom. The number of hydrogen-bond donors (Lipinski definition) is 0. The van der Waals surface area contributed by atoms with E-state index in [-0.39, 0.29) is 29.5 Å². The molecule has 5 nitrogen and oxygen atoms in total. The quantitative estimate of drug-likeness (QED) is 0.844. The summed E-state index contributed by atoms with van der Waals surface area (Å²) in [6, 6.07) is 12.0. The van der Waals surface area contributed by atoms with Gasteiger partial charge in [0.05, 0.1) is 26.1 Å². The molecular weight excluding hydrogens is 337 g/mol. The summed E-state index contributed by atoms with van der Waals surface area (Å²) in [7, 11) is 1.60. The minimum absolute atomic E-state index is 0.0480. The average Bonchev–Trinajstić information content (AvgIpc) is 2.64. The number of para-hydroxylation sites is 2. The maximum absolute atomic E-state index is 13.6. The van der Waals surface area contributed by atoms with Crippen LogP contribution < -0.4 is 14.2 Å². The normalized spacial score (nSPS) is 19.2. The van der Waals surface area contributed by atoms with E-state index in [2.05, 4.69) is 0 Å². The second-order valence-corrected chi connectivity index (χ2v) is 6.57. The highest BCUT2D eigenvalue weighted by atomic mass is 19.1. The Morgan fingerprint density at radius 3 is 2.69 bits per heavy atom. The molecule has 1 amide bonds. The number of likely N-dealkylation sites (tertiary alicyclic amines) is 1. The molecule has 1 atom stereocenters. The first kappa shape index (κ1) is 16.7. The van der Waals surface area contributed by atoms with Crippen molar-refractivity contribution in [2.75, 3.05) is 26.8 Å². The molecule has 0 radical (unpaired) electrons. The fraction of sp³-hybridized carbons (Fsp3) is 0.350. The number of benzene rings is 2. The van der Waals surface area contributed by atoms with Crippen LogP contribution in [0.4, 0.5) is 4.39 Å². The van der Waals surface area contributed by atoms with Gasteiger partial charge in [0.25, 0.3) is 0 Å². The predicted molar refractivity (Wildman–Crippen MR) is 93.1 cm³/mol. The molecule has 0 aromatic heterocycles. The molecule has 1 saturated heterocycles. The number of rotatable bonds is 4. The molecule has 0 aliphatic carbocycles. The van der Waals surface area contributed by atoms with E-state index in [0.717, 1.165) is 11.3 Å². The van der Waals surface area contributed by atoms with Crippen LogP contribution in [-0.4, -0.2) is 43.7 Å². The summed E-state index contributed by atoms with van der Waals surface area (Å²) in [5, 5.41) is 0. The van der Waals surface area contributed by atoms with Crippen LogP contribution in [-0.2, 0) is 11.2 Å². The number of fused-ring (bicyclic) bond motifs is 1. The van der Waals surface area contributed by atoms with Crippen molar-refractivity contribution in [1.82, 2.24) is 4.90 Å². The zero-order valence-corrected chi connectivity index (χ0v) is 14.5. The van der Waals surface area contributed by atoms with Crippen LogP contribution in [0.5, 0.6) is 17.2 Å². The lowest BCUT2D eigenvalue weighted by Crippen LogP contribution is -2.58. The first-order valence-electron chi connectivity index (χ1n) is 8.64. The van der Waals surface area contributed by atoms with Crippen LogP contribution in [0.2, 0.25) is 0 Å². The lowest BCUT2D eigenvalue weighted by Gasteiger charge is -2.41. The van der Waals surface area contributed by atoms with Gasteiger partial charge < -0.3 is 19.1 Å². The van der Waals surface area contributed by atoms with Gasteiger partial charge in [0.15, 0.2) is 23.1 Å². The predicted octanol–water partition coefficient (Wildman–Crippen LogP) is 2.68. The summed E-state index contributed by atoms with van der Waals surface area (Å²) in [4.78, 5) is 14.4. The molecule has 1 fully saturated rings. The third kappa shape index (κ3) is 3.07. The number of amides is 1. The summed E-state index contributed by atoms with van der Waals surface area (Å²) in [5.41, 5.74) is 0.980. The highest BCUT2D eigenvalue weighted by Gasteiger charge is 2.38. The van der Waals surface area contributed by atoms with Gasteiger partial charge in [-0.1, -0.05) is 24.3 Å². The summed E-state index contributed by atoms with van der Waals surface area (Å²) in [6.07, 6.45) is 0.452. The Bertz CT molecular complexity index is 819. The minimum atomic E-state index is -0.386. The number of carbonyl (C=O) groups excluding carboxylic acids is 1. The fourth-order valence-corrected chi connectivity index (χ4v) is 3.38. The first-order chi connectivity index (χ1) is 12.7. The lowest BCUT2D eigenvalue weighted by atomic mass is 9.94. The fourth-order valence-electron chi connectivity index (χ4n) is 3.38. The van der Waals surface area contributed by atoms with Gasteiger partial charge in [-0.15, -0.1) is 0 Å². The highest BCUT2D eigenvalue weighted by Crippen LogP contribution is 2.36. The molecular formula is C20H20FNO4. The maximum atomic E-state index is 13.6. The number of hydrogen-bond acceptors (Lipinski definition) is 4. The Labute approximate surface area is 151 Å². The van der Waals surface area contributed by atoms with Crippen molar-refractivity contribution in [2.45, 2.75) is 12.5 Å². The van der Waals surface area contributed by atoms with E-state index in [0.29, 0.717) is 31.9 Å². The largest absolute Gasteiger partial charge is 0.493 e. The molecule has 2 aromatic carbocycles. The highest BCUT2D eigenvalue weighted by molar-refractivity contribution is 5.80. The number of halogens is 1. The molecule has 2 aliphatic heterocycles. The zero-order valence-electron chi connectivity index (χ0n) is 14.5. The van der Waals surface area contributed by atoms with Crippen LogP contribution >= 0.6 is 0 Å². The molecule has 2 aromatic rings. The molecule has 0 unspecified atom stereocenters. The monoisotopic (exact) mass is 357 g/mol. The number of carbonyl (C=O) groups is 1. The van der Waals surface area contributed by atoms with Crippen molar-refractivity contribution in [3.05, 3.63) is 53.8 Å². The van der Waals surface area contributed by atoms with E-state index in [1.807, 2.05) is 18.2 Å². The van der Waals surface area contributed by atoms with Gasteiger partial charge in [-0.2, -0.15) is 0 Å².